The van der Waals surface area contributed by atoms with E-state index in [0.29, 0.717) is 10.2 Å². The zero-order valence-electron chi connectivity index (χ0n) is 11.6. The Balaban J connectivity index is 2.19. The van der Waals surface area contributed by atoms with Crippen LogP contribution in [0.25, 0.3) is 0 Å². The minimum atomic E-state index is -1.01. The van der Waals surface area contributed by atoms with Crippen molar-refractivity contribution in [3.05, 3.63) is 28.2 Å². The van der Waals surface area contributed by atoms with Gasteiger partial charge in [-0.25, -0.2) is 4.79 Å². The van der Waals surface area contributed by atoms with Gasteiger partial charge in [-0.2, -0.15) is 0 Å². The third-order valence-electron chi connectivity index (χ3n) is 4.04. The fraction of sp³-hybridized carbons (Fsp3) is 0.467. The predicted molar refractivity (Wildman–Crippen MR) is 80.9 cm³/mol. The maximum absolute atomic E-state index is 12.4. The number of benzene rings is 1. The van der Waals surface area contributed by atoms with Crippen molar-refractivity contribution in [2.45, 2.75) is 33.1 Å². The third kappa shape index (κ3) is 3.03. The van der Waals surface area contributed by atoms with Crippen LogP contribution < -0.4 is 5.32 Å². The first kappa shape index (κ1) is 15.0. The fourth-order valence-electron chi connectivity index (χ4n) is 2.79. The number of rotatable bonds is 3. The van der Waals surface area contributed by atoms with Crippen molar-refractivity contribution in [1.82, 2.24) is 0 Å². The van der Waals surface area contributed by atoms with Gasteiger partial charge in [0.05, 0.1) is 11.3 Å². The first-order valence-electron chi connectivity index (χ1n) is 6.65. The van der Waals surface area contributed by atoms with Gasteiger partial charge < -0.3 is 10.4 Å². The van der Waals surface area contributed by atoms with Crippen LogP contribution in [0.2, 0.25) is 0 Å². The van der Waals surface area contributed by atoms with Crippen molar-refractivity contribution in [3.63, 3.8) is 0 Å². The Morgan fingerprint density at radius 2 is 2.10 bits per heavy atom. The van der Waals surface area contributed by atoms with Crippen LogP contribution >= 0.6 is 15.9 Å². The van der Waals surface area contributed by atoms with Crippen molar-refractivity contribution in [1.29, 1.82) is 0 Å². The number of hydrogen-bond acceptors (Lipinski definition) is 2. The van der Waals surface area contributed by atoms with E-state index in [1.54, 1.807) is 6.07 Å². The Morgan fingerprint density at radius 3 is 2.65 bits per heavy atom. The molecule has 0 aromatic heterocycles. The summed E-state index contributed by atoms with van der Waals surface area (Å²) in [5, 5.41) is 11.9. The van der Waals surface area contributed by atoms with Crippen molar-refractivity contribution in [2.24, 2.45) is 11.3 Å². The summed E-state index contributed by atoms with van der Waals surface area (Å²) in [5.41, 5.74) is 0.674. The Kier molecular flexibility index (Phi) is 4.18. The van der Waals surface area contributed by atoms with Crippen LogP contribution in [0.5, 0.6) is 0 Å². The Labute approximate surface area is 126 Å². The average Bonchev–Trinajstić information content (AvgIpc) is 2.71. The van der Waals surface area contributed by atoms with E-state index < -0.39 is 5.97 Å². The number of carbonyl (C=O) groups is 2. The van der Waals surface area contributed by atoms with Gasteiger partial charge >= 0.3 is 5.97 Å². The molecule has 0 aliphatic heterocycles. The number of carboxylic acids is 1. The van der Waals surface area contributed by atoms with Crippen LogP contribution in [0.1, 0.15) is 43.5 Å². The number of halogens is 1. The average molecular weight is 340 g/mol. The molecule has 20 heavy (non-hydrogen) atoms. The molecule has 0 bridgehead atoms. The summed E-state index contributed by atoms with van der Waals surface area (Å²) in [6.07, 6.45) is 2.98. The molecule has 2 rings (SSSR count). The number of hydrogen-bond donors (Lipinski definition) is 2. The van der Waals surface area contributed by atoms with E-state index in [1.807, 2.05) is 0 Å². The normalized spacial score (nSPS) is 20.6. The molecule has 1 unspecified atom stereocenters. The zero-order valence-corrected chi connectivity index (χ0v) is 13.2. The van der Waals surface area contributed by atoms with E-state index in [2.05, 4.69) is 35.1 Å². The second kappa shape index (κ2) is 5.56. The number of carbonyl (C=O) groups excluding carboxylic acids is 1. The monoisotopic (exact) mass is 339 g/mol. The zero-order chi connectivity index (χ0) is 14.9. The van der Waals surface area contributed by atoms with E-state index in [9.17, 15) is 9.59 Å². The molecule has 108 valence electrons. The second-order valence-electron chi connectivity index (χ2n) is 5.92. The molecule has 1 saturated carbocycles. The minimum absolute atomic E-state index is 0.000960. The highest BCUT2D eigenvalue weighted by Gasteiger charge is 2.39. The van der Waals surface area contributed by atoms with Crippen molar-refractivity contribution >= 4 is 33.5 Å². The number of amides is 1. The number of anilines is 1. The molecule has 1 aliphatic rings. The number of aromatic carboxylic acids is 1. The minimum Gasteiger partial charge on any atom is -0.478 e. The van der Waals surface area contributed by atoms with Gasteiger partial charge in [-0.05, 0) is 52.4 Å². The van der Waals surface area contributed by atoms with Gasteiger partial charge in [0.15, 0.2) is 0 Å². The summed E-state index contributed by atoms with van der Waals surface area (Å²) in [5.74, 6) is -1.06. The molecule has 2 N–H and O–H groups in total. The van der Waals surface area contributed by atoms with Crippen molar-refractivity contribution in [2.75, 3.05) is 5.32 Å². The maximum atomic E-state index is 12.4. The molecule has 1 aromatic rings. The van der Waals surface area contributed by atoms with Gasteiger partial charge in [0.1, 0.15) is 0 Å². The summed E-state index contributed by atoms with van der Waals surface area (Å²) < 4.78 is 0.687. The molecule has 1 fully saturated rings. The largest absolute Gasteiger partial charge is 0.478 e. The standard InChI is InChI=1S/C15H18BrNO3/c1-15(2)7-3-4-10(15)13(18)17-12-8-9(14(19)20)5-6-11(12)16/h5-6,8,10H,3-4,7H2,1-2H3,(H,17,18)(H,19,20). The quantitative estimate of drug-likeness (QED) is 0.877. The molecule has 5 heteroatoms. The highest BCUT2D eigenvalue weighted by Crippen LogP contribution is 2.43. The summed E-state index contributed by atoms with van der Waals surface area (Å²) in [4.78, 5) is 23.4. The van der Waals surface area contributed by atoms with Gasteiger partial charge in [0.25, 0.3) is 0 Å². The highest BCUT2D eigenvalue weighted by molar-refractivity contribution is 9.10. The number of nitrogens with one attached hydrogen (secondary N) is 1. The van der Waals surface area contributed by atoms with Crippen LogP contribution in [-0.2, 0) is 4.79 Å². The van der Waals surface area contributed by atoms with Crippen molar-refractivity contribution in [3.8, 4) is 0 Å². The van der Waals surface area contributed by atoms with E-state index in [4.69, 9.17) is 5.11 Å². The van der Waals surface area contributed by atoms with Crippen molar-refractivity contribution < 1.29 is 14.7 Å². The summed E-state index contributed by atoms with van der Waals surface area (Å²) in [7, 11) is 0. The third-order valence-corrected chi connectivity index (χ3v) is 4.74. The number of carboxylic acid groups (broad SMARTS) is 1. The molecule has 0 saturated heterocycles. The predicted octanol–water partition coefficient (Wildman–Crippen LogP) is 3.91. The molecule has 4 nitrogen and oxygen atoms in total. The second-order valence-corrected chi connectivity index (χ2v) is 6.78. The summed E-state index contributed by atoms with van der Waals surface area (Å²) in [6.45, 7) is 4.21. The van der Waals surface area contributed by atoms with Gasteiger partial charge in [-0.3, -0.25) is 4.79 Å². The summed E-state index contributed by atoms with van der Waals surface area (Å²) in [6, 6.07) is 4.62. The van der Waals surface area contributed by atoms with Crippen LogP contribution in [-0.4, -0.2) is 17.0 Å². The molecular weight excluding hydrogens is 322 g/mol. The van der Waals surface area contributed by atoms with Gasteiger partial charge in [0.2, 0.25) is 5.91 Å². The van der Waals surface area contributed by atoms with E-state index >= 15 is 0 Å². The SMILES string of the molecule is CC1(C)CCCC1C(=O)Nc1cc(C(=O)O)ccc1Br. The van der Waals surface area contributed by atoms with Gasteiger partial charge in [-0.1, -0.05) is 20.3 Å². The Morgan fingerprint density at radius 1 is 1.40 bits per heavy atom. The first-order chi connectivity index (χ1) is 9.31. The van der Waals surface area contributed by atoms with E-state index in [-0.39, 0.29) is 22.8 Å². The highest BCUT2D eigenvalue weighted by atomic mass is 79.9. The molecule has 1 aromatic carbocycles. The molecular formula is C15H18BrNO3. The lowest BCUT2D eigenvalue weighted by molar-refractivity contribution is -0.122. The van der Waals surface area contributed by atoms with Gasteiger partial charge in [-0.15, -0.1) is 0 Å². The molecule has 0 spiro atoms. The lowest BCUT2D eigenvalue weighted by atomic mass is 9.81. The van der Waals surface area contributed by atoms with Gasteiger partial charge in [0, 0.05) is 10.4 Å². The summed E-state index contributed by atoms with van der Waals surface area (Å²) >= 11 is 3.34. The topological polar surface area (TPSA) is 66.4 Å². The Hall–Kier alpha value is -1.36. The first-order valence-corrected chi connectivity index (χ1v) is 7.44. The van der Waals surface area contributed by atoms with E-state index in [1.165, 1.54) is 12.1 Å². The molecule has 1 atom stereocenters. The van der Waals surface area contributed by atoms with Crippen LogP contribution in [0.3, 0.4) is 0 Å². The van der Waals surface area contributed by atoms with E-state index in [0.717, 1.165) is 19.3 Å². The lowest BCUT2D eigenvalue weighted by Crippen LogP contribution is -2.30. The molecule has 0 heterocycles. The molecule has 1 aliphatic carbocycles. The molecule has 1 amide bonds. The fourth-order valence-corrected chi connectivity index (χ4v) is 3.13. The van der Waals surface area contributed by atoms with Crippen LogP contribution in [0.4, 0.5) is 5.69 Å². The smallest absolute Gasteiger partial charge is 0.335 e. The van der Waals surface area contributed by atoms with Crippen LogP contribution in [0, 0.1) is 11.3 Å². The Bertz CT molecular complexity index is 554. The molecule has 0 radical (unpaired) electrons. The lowest BCUT2D eigenvalue weighted by Gasteiger charge is -2.26. The van der Waals surface area contributed by atoms with Crippen LogP contribution in [0.15, 0.2) is 22.7 Å². The maximum Gasteiger partial charge on any atom is 0.335 e.